The van der Waals surface area contributed by atoms with Crippen molar-refractivity contribution in [3.63, 3.8) is 0 Å². The van der Waals surface area contributed by atoms with Crippen LogP contribution < -0.4 is 20.7 Å². The van der Waals surface area contributed by atoms with Crippen LogP contribution in [0, 0.1) is 0 Å². The lowest BCUT2D eigenvalue weighted by atomic mass is 10.2. The third-order valence-corrected chi connectivity index (χ3v) is 4.70. The summed E-state index contributed by atoms with van der Waals surface area (Å²) in [6.07, 6.45) is 0.246. The molecule has 1 aromatic heterocycles. The monoisotopic (exact) mass is 382 g/mol. The minimum absolute atomic E-state index is 0.178. The number of hydrogen-bond donors (Lipinski definition) is 2. The van der Waals surface area contributed by atoms with Crippen molar-refractivity contribution in [2.75, 3.05) is 36.8 Å². The standard InChI is InChI=1S/C16H20Cl2N6O/c1-2-11(25-12-5-3-4-10(17)13(12)18)14-21-15(19)23-16(22-14)24-8-6-20-7-9-24/h3-5,11,20H,2,6-9H2,1H3,(H2,19,21,22,23). The first-order valence-corrected chi connectivity index (χ1v) is 8.92. The minimum Gasteiger partial charge on any atom is -0.481 e. The van der Waals surface area contributed by atoms with Gasteiger partial charge in [0.05, 0.1) is 5.02 Å². The Hall–Kier alpha value is -1.83. The summed E-state index contributed by atoms with van der Waals surface area (Å²) in [5.74, 6) is 1.73. The van der Waals surface area contributed by atoms with E-state index in [9.17, 15) is 0 Å². The van der Waals surface area contributed by atoms with Crippen molar-refractivity contribution in [1.29, 1.82) is 0 Å². The summed E-state index contributed by atoms with van der Waals surface area (Å²) in [6, 6.07) is 5.25. The predicted molar refractivity (Wildman–Crippen MR) is 99.4 cm³/mol. The molecule has 1 fully saturated rings. The Balaban J connectivity index is 1.87. The molecule has 1 saturated heterocycles. The number of nitrogen functional groups attached to an aromatic ring is 1. The first-order chi connectivity index (χ1) is 12.1. The molecule has 3 rings (SSSR count). The van der Waals surface area contributed by atoms with Gasteiger partial charge in [-0.15, -0.1) is 0 Å². The van der Waals surface area contributed by atoms with Gasteiger partial charge in [0.1, 0.15) is 10.8 Å². The lowest BCUT2D eigenvalue weighted by Crippen LogP contribution is -2.44. The van der Waals surface area contributed by atoms with Crippen LogP contribution in [-0.4, -0.2) is 41.1 Å². The fourth-order valence-electron chi connectivity index (χ4n) is 2.59. The van der Waals surface area contributed by atoms with Gasteiger partial charge in [-0.2, -0.15) is 15.0 Å². The first kappa shape index (κ1) is 18.0. The predicted octanol–water partition coefficient (Wildman–Crippen LogP) is 2.70. The highest BCUT2D eigenvalue weighted by atomic mass is 35.5. The summed E-state index contributed by atoms with van der Waals surface area (Å²) in [6.45, 7) is 5.38. The van der Waals surface area contributed by atoms with E-state index in [-0.39, 0.29) is 5.95 Å². The average molecular weight is 383 g/mol. The van der Waals surface area contributed by atoms with Crippen LogP contribution in [0.5, 0.6) is 5.75 Å². The van der Waals surface area contributed by atoms with Gasteiger partial charge in [0.15, 0.2) is 11.9 Å². The number of aromatic nitrogens is 3. The van der Waals surface area contributed by atoms with Crippen LogP contribution in [0.2, 0.25) is 10.0 Å². The Morgan fingerprint density at radius 2 is 2.00 bits per heavy atom. The second-order valence-corrected chi connectivity index (χ2v) is 6.44. The molecule has 134 valence electrons. The SMILES string of the molecule is CCC(Oc1cccc(Cl)c1Cl)c1nc(N)nc(N2CCNCC2)n1. The van der Waals surface area contributed by atoms with Gasteiger partial charge in [-0.3, -0.25) is 0 Å². The van der Waals surface area contributed by atoms with Crippen molar-refractivity contribution in [3.05, 3.63) is 34.1 Å². The summed E-state index contributed by atoms with van der Waals surface area (Å²) in [7, 11) is 0. The number of piperazine rings is 1. The summed E-state index contributed by atoms with van der Waals surface area (Å²) < 4.78 is 6.00. The number of anilines is 2. The van der Waals surface area contributed by atoms with Crippen molar-refractivity contribution >= 4 is 35.1 Å². The Bertz CT molecular complexity index is 739. The van der Waals surface area contributed by atoms with Gasteiger partial charge in [0, 0.05) is 26.2 Å². The van der Waals surface area contributed by atoms with Crippen molar-refractivity contribution in [2.45, 2.75) is 19.4 Å². The van der Waals surface area contributed by atoms with Gasteiger partial charge < -0.3 is 20.7 Å². The zero-order chi connectivity index (χ0) is 17.8. The highest BCUT2D eigenvalue weighted by Gasteiger charge is 2.21. The number of nitrogens with one attached hydrogen (secondary N) is 1. The van der Waals surface area contributed by atoms with E-state index in [0.717, 1.165) is 26.2 Å². The van der Waals surface area contributed by atoms with Gasteiger partial charge in [-0.25, -0.2) is 0 Å². The quantitative estimate of drug-likeness (QED) is 0.821. The molecule has 0 aliphatic carbocycles. The molecule has 2 aromatic rings. The molecule has 3 N–H and O–H groups in total. The maximum absolute atomic E-state index is 6.22. The molecule has 1 unspecified atom stereocenters. The topological polar surface area (TPSA) is 89.2 Å². The molecule has 0 spiro atoms. The summed E-state index contributed by atoms with van der Waals surface area (Å²) in [4.78, 5) is 15.2. The fraction of sp³-hybridized carbons (Fsp3) is 0.438. The molecule has 9 heteroatoms. The van der Waals surface area contributed by atoms with E-state index in [0.29, 0.717) is 34.0 Å². The van der Waals surface area contributed by atoms with Crippen molar-refractivity contribution < 1.29 is 4.74 Å². The Kier molecular flexibility index (Phi) is 5.78. The second kappa shape index (κ2) is 8.03. The third-order valence-electron chi connectivity index (χ3n) is 3.90. The van der Waals surface area contributed by atoms with Gasteiger partial charge >= 0.3 is 0 Å². The number of nitrogens with zero attached hydrogens (tertiary/aromatic N) is 4. The normalized spacial score (nSPS) is 15.9. The number of ether oxygens (including phenoxy) is 1. The van der Waals surface area contributed by atoms with Crippen LogP contribution in [0.4, 0.5) is 11.9 Å². The maximum Gasteiger partial charge on any atom is 0.230 e. The largest absolute Gasteiger partial charge is 0.481 e. The molecule has 2 heterocycles. The van der Waals surface area contributed by atoms with E-state index >= 15 is 0 Å². The van der Waals surface area contributed by atoms with E-state index in [1.807, 2.05) is 6.92 Å². The molecule has 0 saturated carbocycles. The zero-order valence-corrected chi connectivity index (χ0v) is 15.4. The van der Waals surface area contributed by atoms with Gasteiger partial charge in [0.25, 0.3) is 0 Å². The molecule has 1 aliphatic heterocycles. The molecule has 1 atom stereocenters. The average Bonchev–Trinajstić information content (AvgIpc) is 2.63. The molecule has 0 bridgehead atoms. The van der Waals surface area contributed by atoms with Crippen LogP contribution >= 0.6 is 23.2 Å². The molecule has 0 amide bonds. The minimum atomic E-state index is -0.400. The lowest BCUT2D eigenvalue weighted by molar-refractivity contribution is 0.191. The van der Waals surface area contributed by atoms with Crippen LogP contribution in [0.3, 0.4) is 0 Å². The highest BCUT2D eigenvalue weighted by molar-refractivity contribution is 6.42. The third kappa shape index (κ3) is 4.23. The van der Waals surface area contributed by atoms with E-state index in [1.165, 1.54) is 0 Å². The highest BCUT2D eigenvalue weighted by Crippen LogP contribution is 2.34. The van der Waals surface area contributed by atoms with Crippen LogP contribution in [-0.2, 0) is 0 Å². The van der Waals surface area contributed by atoms with Crippen molar-refractivity contribution in [1.82, 2.24) is 20.3 Å². The van der Waals surface area contributed by atoms with Gasteiger partial charge in [-0.05, 0) is 18.6 Å². The van der Waals surface area contributed by atoms with Crippen LogP contribution in [0.25, 0.3) is 0 Å². The molecule has 7 nitrogen and oxygen atoms in total. The number of rotatable bonds is 5. The molecule has 0 radical (unpaired) electrons. The lowest BCUT2D eigenvalue weighted by Gasteiger charge is -2.28. The molecular weight excluding hydrogens is 363 g/mol. The smallest absolute Gasteiger partial charge is 0.230 e. The molecule has 1 aromatic carbocycles. The number of nitrogens with two attached hydrogens (primary N) is 1. The van der Waals surface area contributed by atoms with E-state index in [2.05, 4.69) is 25.2 Å². The Morgan fingerprint density at radius 3 is 2.72 bits per heavy atom. The summed E-state index contributed by atoms with van der Waals surface area (Å²) in [5, 5.41) is 4.10. The van der Waals surface area contributed by atoms with E-state index < -0.39 is 6.10 Å². The van der Waals surface area contributed by atoms with Crippen LogP contribution in [0.15, 0.2) is 18.2 Å². The number of benzene rings is 1. The van der Waals surface area contributed by atoms with Crippen molar-refractivity contribution in [2.24, 2.45) is 0 Å². The maximum atomic E-state index is 6.22. The number of hydrogen-bond acceptors (Lipinski definition) is 7. The van der Waals surface area contributed by atoms with Gasteiger partial charge in [-0.1, -0.05) is 36.2 Å². The second-order valence-electron chi connectivity index (χ2n) is 5.66. The first-order valence-electron chi connectivity index (χ1n) is 8.16. The summed E-state index contributed by atoms with van der Waals surface area (Å²) >= 11 is 12.3. The fourth-order valence-corrected chi connectivity index (χ4v) is 2.93. The van der Waals surface area contributed by atoms with Crippen molar-refractivity contribution in [3.8, 4) is 5.75 Å². The van der Waals surface area contributed by atoms with E-state index in [1.54, 1.807) is 18.2 Å². The van der Waals surface area contributed by atoms with E-state index in [4.69, 9.17) is 33.7 Å². The summed E-state index contributed by atoms with van der Waals surface area (Å²) in [5.41, 5.74) is 5.90. The zero-order valence-electron chi connectivity index (χ0n) is 13.9. The molecular formula is C16H20Cl2N6O. The van der Waals surface area contributed by atoms with Gasteiger partial charge in [0.2, 0.25) is 11.9 Å². The molecule has 1 aliphatic rings. The number of halogens is 2. The Morgan fingerprint density at radius 1 is 1.24 bits per heavy atom. The van der Waals surface area contributed by atoms with Crippen LogP contribution in [0.1, 0.15) is 25.3 Å². The Labute approximate surface area is 156 Å². The molecule has 25 heavy (non-hydrogen) atoms.